The van der Waals surface area contributed by atoms with Gasteiger partial charge in [-0.25, -0.2) is 0 Å². The molecule has 0 aliphatic carbocycles. The highest BCUT2D eigenvalue weighted by molar-refractivity contribution is 4.88. The van der Waals surface area contributed by atoms with E-state index in [0.717, 1.165) is 26.1 Å². The van der Waals surface area contributed by atoms with Gasteiger partial charge in [0.25, 0.3) is 0 Å². The molecule has 0 N–H and O–H groups in total. The highest BCUT2D eigenvalue weighted by Gasteiger charge is 2.41. The normalized spacial score (nSPS) is 39.6. The van der Waals surface area contributed by atoms with E-state index in [-0.39, 0.29) is 7.43 Å². The molecule has 4 unspecified atom stereocenters. The average molecular weight is 216 g/mol. The maximum atomic E-state index is 5.34. The zero-order valence-electron chi connectivity index (χ0n) is 9.07. The Morgan fingerprint density at radius 1 is 0.933 bits per heavy atom. The minimum atomic E-state index is 0. The van der Waals surface area contributed by atoms with Crippen molar-refractivity contribution < 1.29 is 14.2 Å². The lowest BCUT2D eigenvalue weighted by Gasteiger charge is -1.84. The fourth-order valence-corrected chi connectivity index (χ4v) is 1.51. The van der Waals surface area contributed by atoms with Crippen LogP contribution in [-0.4, -0.2) is 37.6 Å². The molecule has 4 atom stereocenters. The summed E-state index contributed by atoms with van der Waals surface area (Å²) >= 11 is 0. The van der Waals surface area contributed by atoms with Crippen LogP contribution in [-0.2, 0) is 14.2 Å². The van der Waals surface area contributed by atoms with Crippen LogP contribution in [0.5, 0.6) is 0 Å². The molecule has 3 aliphatic rings. The van der Waals surface area contributed by atoms with Crippen LogP contribution in [0.1, 0.15) is 40.5 Å². The van der Waals surface area contributed by atoms with Gasteiger partial charge >= 0.3 is 0 Å². The fourth-order valence-electron chi connectivity index (χ4n) is 1.51. The molecule has 0 radical (unpaired) electrons. The molecule has 15 heavy (non-hydrogen) atoms. The molecule has 0 amide bonds. The summed E-state index contributed by atoms with van der Waals surface area (Å²) in [4.78, 5) is 0. The first kappa shape index (κ1) is 12.9. The molecule has 3 heterocycles. The molecule has 0 saturated carbocycles. The third kappa shape index (κ3) is 4.96. The van der Waals surface area contributed by atoms with Gasteiger partial charge in [0.15, 0.2) is 0 Å². The molecule has 0 aromatic carbocycles. The Kier molecular flexibility index (Phi) is 5.03. The Balaban J connectivity index is 0.000000162. The quantitative estimate of drug-likeness (QED) is 0.677. The van der Waals surface area contributed by atoms with E-state index in [4.69, 9.17) is 14.2 Å². The lowest BCUT2D eigenvalue weighted by molar-refractivity contribution is 0.330. The summed E-state index contributed by atoms with van der Waals surface area (Å²) in [7, 11) is 0. The Morgan fingerprint density at radius 3 is 1.80 bits per heavy atom. The van der Waals surface area contributed by atoms with Crippen molar-refractivity contribution in [1.29, 1.82) is 0 Å². The minimum Gasteiger partial charge on any atom is -0.373 e. The van der Waals surface area contributed by atoms with Gasteiger partial charge in [-0.2, -0.15) is 0 Å². The van der Waals surface area contributed by atoms with E-state index in [9.17, 15) is 0 Å². The Labute approximate surface area is 93.1 Å². The van der Waals surface area contributed by atoms with Crippen molar-refractivity contribution in [3.8, 4) is 0 Å². The summed E-state index contributed by atoms with van der Waals surface area (Å²) < 4.78 is 15.3. The van der Waals surface area contributed by atoms with Crippen molar-refractivity contribution in [2.75, 3.05) is 13.2 Å². The third-order valence-corrected chi connectivity index (χ3v) is 2.85. The molecule has 3 heteroatoms. The molecule has 0 bridgehead atoms. The zero-order chi connectivity index (χ0) is 9.97. The van der Waals surface area contributed by atoms with E-state index in [1.807, 2.05) is 0 Å². The summed E-state index contributed by atoms with van der Waals surface area (Å²) in [5.41, 5.74) is 0. The van der Waals surface area contributed by atoms with E-state index in [1.165, 1.54) is 6.42 Å². The van der Waals surface area contributed by atoms with Crippen molar-refractivity contribution in [3.05, 3.63) is 0 Å². The summed E-state index contributed by atoms with van der Waals surface area (Å²) in [6.07, 6.45) is 5.79. The fraction of sp³-hybridized carbons (Fsp3) is 1.00. The van der Waals surface area contributed by atoms with E-state index < -0.39 is 0 Å². The standard InChI is InChI=1S/C7H12O2.C4H8O.CH4/c1-2-6-7(9-6)3-5-4-8-5;1-2-4-3-5-4;/h5-7H,2-4H2,1H3;4H,2-3H2,1H3;1H4. The largest absolute Gasteiger partial charge is 0.373 e. The maximum Gasteiger partial charge on any atom is 0.0867 e. The van der Waals surface area contributed by atoms with Gasteiger partial charge in [0, 0.05) is 6.42 Å². The molecular weight excluding hydrogens is 192 g/mol. The molecule has 3 saturated heterocycles. The zero-order valence-corrected chi connectivity index (χ0v) is 9.07. The minimum absolute atomic E-state index is 0. The number of rotatable bonds is 4. The monoisotopic (exact) mass is 216 g/mol. The van der Waals surface area contributed by atoms with E-state index in [1.54, 1.807) is 0 Å². The third-order valence-electron chi connectivity index (χ3n) is 2.85. The lowest BCUT2D eigenvalue weighted by Crippen LogP contribution is -1.96. The van der Waals surface area contributed by atoms with Gasteiger partial charge < -0.3 is 14.2 Å². The predicted molar refractivity (Wildman–Crippen MR) is 60.1 cm³/mol. The van der Waals surface area contributed by atoms with Crippen molar-refractivity contribution in [1.82, 2.24) is 0 Å². The van der Waals surface area contributed by atoms with Gasteiger partial charge in [0.1, 0.15) is 0 Å². The molecule has 0 aromatic heterocycles. The molecule has 0 aromatic rings. The van der Waals surface area contributed by atoms with Crippen LogP contribution in [0.15, 0.2) is 0 Å². The van der Waals surface area contributed by atoms with Crippen molar-refractivity contribution in [2.45, 2.75) is 65.0 Å². The second-order valence-electron chi connectivity index (χ2n) is 4.18. The van der Waals surface area contributed by atoms with Gasteiger partial charge in [-0.3, -0.25) is 0 Å². The molecule has 90 valence electrons. The Hall–Kier alpha value is -0.120. The molecule has 3 aliphatic heterocycles. The van der Waals surface area contributed by atoms with Crippen molar-refractivity contribution >= 4 is 0 Å². The molecule has 3 fully saturated rings. The topological polar surface area (TPSA) is 37.6 Å². The number of epoxide rings is 3. The van der Waals surface area contributed by atoms with Crippen molar-refractivity contribution in [2.24, 2.45) is 0 Å². The maximum absolute atomic E-state index is 5.34. The van der Waals surface area contributed by atoms with Gasteiger partial charge in [0.05, 0.1) is 37.6 Å². The number of ether oxygens (including phenoxy) is 3. The highest BCUT2D eigenvalue weighted by atomic mass is 16.6. The van der Waals surface area contributed by atoms with Gasteiger partial charge in [-0.1, -0.05) is 21.3 Å². The number of hydrogen-bond acceptors (Lipinski definition) is 3. The van der Waals surface area contributed by atoms with Gasteiger partial charge in [-0.05, 0) is 12.8 Å². The van der Waals surface area contributed by atoms with Crippen LogP contribution in [0, 0.1) is 0 Å². The van der Waals surface area contributed by atoms with E-state index in [0.29, 0.717) is 24.4 Å². The van der Waals surface area contributed by atoms with Crippen molar-refractivity contribution in [3.63, 3.8) is 0 Å². The van der Waals surface area contributed by atoms with Gasteiger partial charge in [0.2, 0.25) is 0 Å². The summed E-state index contributed by atoms with van der Waals surface area (Å²) in [5, 5.41) is 0. The smallest absolute Gasteiger partial charge is 0.0867 e. The second-order valence-corrected chi connectivity index (χ2v) is 4.18. The number of hydrogen-bond donors (Lipinski definition) is 0. The summed E-state index contributed by atoms with van der Waals surface area (Å²) in [5.74, 6) is 0. The first-order valence-corrected chi connectivity index (χ1v) is 5.72. The molecule has 0 spiro atoms. The van der Waals surface area contributed by atoms with Crippen LogP contribution in [0.25, 0.3) is 0 Å². The molecule has 3 rings (SSSR count). The molecular formula is C12H24O3. The van der Waals surface area contributed by atoms with Crippen LogP contribution in [0.2, 0.25) is 0 Å². The summed E-state index contributed by atoms with van der Waals surface area (Å²) in [6, 6.07) is 0. The SMILES string of the molecule is C.CCC1CO1.CCC1OC1CC1CO1. The second kappa shape index (κ2) is 5.83. The Morgan fingerprint density at radius 2 is 1.53 bits per heavy atom. The first-order valence-electron chi connectivity index (χ1n) is 5.72. The van der Waals surface area contributed by atoms with Gasteiger partial charge in [-0.15, -0.1) is 0 Å². The van der Waals surface area contributed by atoms with Crippen LogP contribution >= 0.6 is 0 Å². The van der Waals surface area contributed by atoms with Crippen LogP contribution in [0.4, 0.5) is 0 Å². The lowest BCUT2D eigenvalue weighted by atomic mass is 10.2. The highest BCUT2D eigenvalue weighted by Crippen LogP contribution is 2.32. The predicted octanol–water partition coefficient (Wildman–Crippen LogP) is 2.38. The first-order chi connectivity index (χ1) is 6.83. The summed E-state index contributed by atoms with van der Waals surface area (Å²) in [6.45, 7) is 6.28. The average Bonchev–Trinajstić information content (AvgIpc) is 3.06. The van der Waals surface area contributed by atoms with Crippen LogP contribution in [0.3, 0.4) is 0 Å². The molecule has 3 nitrogen and oxygen atoms in total. The van der Waals surface area contributed by atoms with Crippen LogP contribution < -0.4 is 0 Å². The van der Waals surface area contributed by atoms with E-state index >= 15 is 0 Å². The Bertz CT molecular complexity index is 176. The van der Waals surface area contributed by atoms with E-state index in [2.05, 4.69) is 13.8 Å².